The molecule has 3 rings (SSSR count). The van der Waals surface area contributed by atoms with Crippen molar-refractivity contribution in [2.75, 3.05) is 0 Å². The zero-order valence-corrected chi connectivity index (χ0v) is 11.6. The Hall–Kier alpha value is -2.18. The zero-order chi connectivity index (χ0) is 14.1. The van der Waals surface area contributed by atoms with Crippen molar-refractivity contribution in [3.63, 3.8) is 0 Å². The molecule has 0 radical (unpaired) electrons. The number of aromatic nitrogens is 2. The first-order chi connectivity index (χ1) is 9.65. The molecule has 5 nitrogen and oxygen atoms in total. The topological polar surface area (TPSA) is 60.4 Å². The number of halogens is 1. The number of thiazole rings is 1. The summed E-state index contributed by atoms with van der Waals surface area (Å²) >= 11 is 7.35. The molecule has 1 aromatic carbocycles. The molecule has 0 N–H and O–H groups in total. The fourth-order valence-corrected chi connectivity index (χ4v) is 2.76. The van der Waals surface area contributed by atoms with Crippen LogP contribution in [0.25, 0.3) is 22.3 Å². The highest BCUT2D eigenvalue weighted by Crippen LogP contribution is 2.28. The lowest BCUT2D eigenvalue weighted by Gasteiger charge is -1.99. The van der Waals surface area contributed by atoms with Gasteiger partial charge in [0.1, 0.15) is 0 Å². The summed E-state index contributed by atoms with van der Waals surface area (Å²) in [6, 6.07) is 7.23. The molecule has 0 spiro atoms. The monoisotopic (exact) mass is 305 g/mol. The number of rotatable bonds is 3. The molecule has 0 aliphatic carbocycles. The standard InChI is InChI=1S/C13H8ClN3O2S/c14-10-3-1-9(2-4-10)12-11(5-6-17(18)19)16-7-8-20-13(16)15-12/h1-8H. The molecule has 0 aliphatic heterocycles. The van der Waals surface area contributed by atoms with Crippen molar-refractivity contribution < 1.29 is 4.92 Å². The SMILES string of the molecule is O=[N+]([O-])C=Cc1c(-c2ccc(Cl)cc2)nc2sccn12. The number of fused-ring (bicyclic) bond motifs is 1. The molecular weight excluding hydrogens is 298 g/mol. The largest absolute Gasteiger partial charge is 0.290 e. The summed E-state index contributed by atoms with van der Waals surface area (Å²) in [5.74, 6) is 0. The average Bonchev–Trinajstić information content (AvgIpc) is 2.98. The van der Waals surface area contributed by atoms with Crippen molar-refractivity contribution in [3.8, 4) is 11.3 Å². The van der Waals surface area contributed by atoms with Crippen molar-refractivity contribution in [3.05, 3.63) is 62.9 Å². The second kappa shape index (κ2) is 5.07. The van der Waals surface area contributed by atoms with Gasteiger partial charge in [-0.15, -0.1) is 11.3 Å². The number of hydrogen-bond donors (Lipinski definition) is 0. The third kappa shape index (κ3) is 2.31. The minimum atomic E-state index is -0.489. The van der Waals surface area contributed by atoms with Crippen molar-refractivity contribution in [2.24, 2.45) is 0 Å². The van der Waals surface area contributed by atoms with E-state index in [2.05, 4.69) is 4.98 Å². The maximum atomic E-state index is 10.5. The molecule has 0 saturated heterocycles. The van der Waals surface area contributed by atoms with Crippen LogP contribution in [-0.4, -0.2) is 14.3 Å². The summed E-state index contributed by atoms with van der Waals surface area (Å²) in [6.07, 6.45) is 4.21. The van der Waals surface area contributed by atoms with Gasteiger partial charge in [-0.1, -0.05) is 23.7 Å². The Balaban J connectivity index is 2.18. The summed E-state index contributed by atoms with van der Waals surface area (Å²) in [7, 11) is 0. The lowest BCUT2D eigenvalue weighted by atomic mass is 10.1. The molecular formula is C13H8ClN3O2S. The zero-order valence-electron chi connectivity index (χ0n) is 10.1. The van der Waals surface area contributed by atoms with E-state index in [0.717, 1.165) is 16.7 Å². The predicted molar refractivity (Wildman–Crippen MR) is 79.5 cm³/mol. The number of nitro groups is 1. The quantitative estimate of drug-likeness (QED) is 0.543. The van der Waals surface area contributed by atoms with Crippen LogP contribution in [0.2, 0.25) is 5.02 Å². The van der Waals surface area contributed by atoms with Gasteiger partial charge in [-0.25, -0.2) is 4.98 Å². The maximum absolute atomic E-state index is 10.5. The highest BCUT2D eigenvalue weighted by Gasteiger charge is 2.13. The molecule has 0 fully saturated rings. The van der Waals surface area contributed by atoms with Crippen molar-refractivity contribution in [1.29, 1.82) is 0 Å². The highest BCUT2D eigenvalue weighted by molar-refractivity contribution is 7.15. The van der Waals surface area contributed by atoms with E-state index in [1.54, 1.807) is 12.1 Å². The van der Waals surface area contributed by atoms with Gasteiger partial charge in [-0.2, -0.15) is 0 Å². The Morgan fingerprint density at radius 2 is 2.10 bits per heavy atom. The molecule has 7 heteroatoms. The maximum Gasteiger partial charge on any atom is 0.236 e. The van der Waals surface area contributed by atoms with Crippen LogP contribution >= 0.6 is 22.9 Å². The molecule has 3 aromatic rings. The van der Waals surface area contributed by atoms with Gasteiger partial charge in [-0.3, -0.25) is 14.5 Å². The van der Waals surface area contributed by atoms with Crippen LogP contribution < -0.4 is 0 Å². The molecule has 0 amide bonds. The number of hydrogen-bond acceptors (Lipinski definition) is 4. The van der Waals surface area contributed by atoms with Crippen LogP contribution in [0.5, 0.6) is 0 Å². The third-order valence-corrected chi connectivity index (χ3v) is 3.78. The fourth-order valence-electron chi connectivity index (χ4n) is 1.91. The minimum absolute atomic E-state index is 0.489. The van der Waals surface area contributed by atoms with E-state index in [1.165, 1.54) is 17.4 Å². The lowest BCUT2D eigenvalue weighted by Crippen LogP contribution is -1.88. The second-order valence-electron chi connectivity index (χ2n) is 4.01. The van der Waals surface area contributed by atoms with E-state index < -0.39 is 4.92 Å². The van der Waals surface area contributed by atoms with Gasteiger partial charge in [0.2, 0.25) is 6.20 Å². The molecule has 0 saturated carbocycles. The van der Waals surface area contributed by atoms with Crippen molar-refractivity contribution >= 4 is 34.0 Å². The van der Waals surface area contributed by atoms with Gasteiger partial charge in [0.25, 0.3) is 0 Å². The van der Waals surface area contributed by atoms with E-state index >= 15 is 0 Å². The Kier molecular flexibility index (Phi) is 3.25. The Bertz CT molecular complexity index is 805. The lowest BCUT2D eigenvalue weighted by molar-refractivity contribution is -0.401. The van der Waals surface area contributed by atoms with Crippen molar-refractivity contribution in [1.82, 2.24) is 9.38 Å². The second-order valence-corrected chi connectivity index (χ2v) is 5.32. The number of imidazole rings is 1. The molecule has 100 valence electrons. The van der Waals surface area contributed by atoms with Crippen LogP contribution in [-0.2, 0) is 0 Å². The van der Waals surface area contributed by atoms with Crippen molar-refractivity contribution in [2.45, 2.75) is 0 Å². The van der Waals surface area contributed by atoms with Crippen LogP contribution in [0, 0.1) is 10.1 Å². The van der Waals surface area contributed by atoms with E-state index in [4.69, 9.17) is 11.6 Å². The molecule has 20 heavy (non-hydrogen) atoms. The number of benzene rings is 1. The first kappa shape index (κ1) is 12.8. The van der Waals surface area contributed by atoms with Gasteiger partial charge in [0.15, 0.2) is 4.96 Å². The Morgan fingerprint density at radius 1 is 1.35 bits per heavy atom. The minimum Gasteiger partial charge on any atom is -0.290 e. The van der Waals surface area contributed by atoms with E-state index in [-0.39, 0.29) is 0 Å². The van der Waals surface area contributed by atoms with Gasteiger partial charge >= 0.3 is 0 Å². The molecule has 2 heterocycles. The summed E-state index contributed by atoms with van der Waals surface area (Å²) < 4.78 is 1.83. The van der Waals surface area contributed by atoms with Crippen LogP contribution in [0.1, 0.15) is 5.69 Å². The van der Waals surface area contributed by atoms with Crippen LogP contribution in [0.4, 0.5) is 0 Å². The molecule has 0 unspecified atom stereocenters. The molecule has 0 aliphatic rings. The summed E-state index contributed by atoms with van der Waals surface area (Å²) in [5.41, 5.74) is 2.25. The smallest absolute Gasteiger partial charge is 0.236 e. The van der Waals surface area contributed by atoms with E-state index in [1.807, 2.05) is 28.1 Å². The first-order valence-corrected chi connectivity index (χ1v) is 6.94. The van der Waals surface area contributed by atoms with Gasteiger partial charge in [-0.05, 0) is 12.1 Å². The first-order valence-electron chi connectivity index (χ1n) is 5.68. The van der Waals surface area contributed by atoms with E-state index in [9.17, 15) is 10.1 Å². The summed E-state index contributed by atoms with van der Waals surface area (Å²) in [6.45, 7) is 0. The molecule has 2 aromatic heterocycles. The highest BCUT2D eigenvalue weighted by atomic mass is 35.5. The van der Waals surface area contributed by atoms with Gasteiger partial charge < -0.3 is 0 Å². The number of nitrogens with zero attached hydrogens (tertiary/aromatic N) is 3. The third-order valence-electron chi connectivity index (χ3n) is 2.77. The Labute approximate surface area is 122 Å². The van der Waals surface area contributed by atoms with Gasteiger partial charge in [0.05, 0.1) is 16.3 Å². The summed E-state index contributed by atoms with van der Waals surface area (Å²) in [5, 5.41) is 13.1. The predicted octanol–water partition coefficient (Wildman–Crippen LogP) is 3.96. The van der Waals surface area contributed by atoms with Crippen LogP contribution in [0.15, 0.2) is 42.0 Å². The molecule has 0 bridgehead atoms. The van der Waals surface area contributed by atoms with E-state index in [0.29, 0.717) is 16.4 Å². The van der Waals surface area contributed by atoms with Gasteiger partial charge in [0, 0.05) is 28.2 Å². The summed E-state index contributed by atoms with van der Waals surface area (Å²) in [4.78, 5) is 15.4. The average molecular weight is 306 g/mol. The fraction of sp³-hybridized carbons (Fsp3) is 0. The Morgan fingerprint density at radius 3 is 2.80 bits per heavy atom. The normalized spacial score (nSPS) is 11.4. The van der Waals surface area contributed by atoms with Crippen LogP contribution in [0.3, 0.4) is 0 Å². The molecule has 0 atom stereocenters.